The molecule has 0 aromatic heterocycles. The largest absolute Gasteiger partial charge is 0.341 e. The Hall–Kier alpha value is -1.30. The molecule has 14 heavy (non-hydrogen) atoms. The van der Waals surface area contributed by atoms with E-state index in [1.807, 2.05) is 0 Å². The van der Waals surface area contributed by atoms with Gasteiger partial charge in [0.05, 0.1) is 6.54 Å². The van der Waals surface area contributed by atoms with Crippen LogP contribution < -0.4 is 16.0 Å². The maximum absolute atomic E-state index is 11.5. The number of amides is 3. The molecule has 0 saturated carbocycles. The average Bonchev–Trinajstić information content (AvgIpc) is 2.26. The standard InChI is InChI=1S/C8H16N4O2/c1-9-8(14)11-6-7(13)12-4-2-10-3-5-12/h10H,2-6H2,1H3,(H2,9,11,14). The number of nitrogens with zero attached hydrogens (tertiary/aromatic N) is 1. The van der Waals surface area contributed by atoms with Crippen molar-refractivity contribution in [2.45, 2.75) is 0 Å². The van der Waals surface area contributed by atoms with Gasteiger partial charge < -0.3 is 20.9 Å². The number of nitrogens with one attached hydrogen (secondary N) is 3. The van der Waals surface area contributed by atoms with Crippen molar-refractivity contribution in [3.63, 3.8) is 0 Å². The van der Waals surface area contributed by atoms with Gasteiger partial charge in [0, 0.05) is 33.2 Å². The van der Waals surface area contributed by atoms with Gasteiger partial charge in [-0.2, -0.15) is 0 Å². The summed E-state index contributed by atoms with van der Waals surface area (Å²) in [6.07, 6.45) is 0. The summed E-state index contributed by atoms with van der Waals surface area (Å²) in [5.74, 6) is -0.0323. The molecule has 1 saturated heterocycles. The van der Waals surface area contributed by atoms with Gasteiger partial charge in [0.25, 0.3) is 0 Å². The number of hydrogen-bond donors (Lipinski definition) is 3. The molecular weight excluding hydrogens is 184 g/mol. The van der Waals surface area contributed by atoms with Crippen molar-refractivity contribution >= 4 is 11.9 Å². The Morgan fingerprint density at radius 2 is 2.00 bits per heavy atom. The highest BCUT2D eigenvalue weighted by Crippen LogP contribution is 1.91. The summed E-state index contributed by atoms with van der Waals surface area (Å²) in [5, 5.41) is 8.01. The second-order valence-corrected chi connectivity index (χ2v) is 3.06. The zero-order valence-electron chi connectivity index (χ0n) is 8.30. The first-order chi connectivity index (χ1) is 6.74. The average molecular weight is 200 g/mol. The molecule has 1 aliphatic rings. The molecule has 0 aromatic carbocycles. The van der Waals surface area contributed by atoms with Crippen LogP contribution in [0.15, 0.2) is 0 Å². The monoisotopic (exact) mass is 200 g/mol. The van der Waals surface area contributed by atoms with E-state index >= 15 is 0 Å². The first kappa shape index (κ1) is 10.8. The van der Waals surface area contributed by atoms with Crippen molar-refractivity contribution in [2.24, 2.45) is 0 Å². The number of carbonyl (C=O) groups excluding carboxylic acids is 2. The summed E-state index contributed by atoms with van der Waals surface area (Å²) >= 11 is 0. The Bertz CT molecular complexity index is 213. The number of piperazine rings is 1. The molecular formula is C8H16N4O2. The van der Waals surface area contributed by atoms with Crippen LogP contribution >= 0.6 is 0 Å². The molecule has 0 aliphatic carbocycles. The minimum Gasteiger partial charge on any atom is -0.341 e. The predicted molar refractivity (Wildman–Crippen MR) is 51.9 cm³/mol. The molecule has 6 heteroatoms. The third-order valence-electron chi connectivity index (χ3n) is 2.10. The second-order valence-electron chi connectivity index (χ2n) is 3.06. The van der Waals surface area contributed by atoms with Crippen molar-refractivity contribution in [3.05, 3.63) is 0 Å². The van der Waals surface area contributed by atoms with Gasteiger partial charge in [-0.05, 0) is 0 Å². The highest BCUT2D eigenvalue weighted by molar-refractivity contribution is 5.83. The van der Waals surface area contributed by atoms with Crippen molar-refractivity contribution < 1.29 is 9.59 Å². The lowest BCUT2D eigenvalue weighted by Crippen LogP contribution is -2.50. The van der Waals surface area contributed by atoms with Gasteiger partial charge in [-0.3, -0.25) is 4.79 Å². The van der Waals surface area contributed by atoms with E-state index in [0.717, 1.165) is 13.1 Å². The number of urea groups is 1. The van der Waals surface area contributed by atoms with Gasteiger partial charge in [-0.15, -0.1) is 0 Å². The lowest BCUT2D eigenvalue weighted by Gasteiger charge is -2.27. The number of rotatable bonds is 2. The summed E-state index contributed by atoms with van der Waals surface area (Å²) < 4.78 is 0. The molecule has 6 nitrogen and oxygen atoms in total. The van der Waals surface area contributed by atoms with E-state index < -0.39 is 0 Å². The fourth-order valence-electron chi connectivity index (χ4n) is 1.27. The van der Waals surface area contributed by atoms with Gasteiger partial charge >= 0.3 is 6.03 Å². The van der Waals surface area contributed by atoms with Crippen LogP contribution in [-0.4, -0.2) is 56.6 Å². The predicted octanol–water partition coefficient (Wildman–Crippen LogP) is -1.65. The molecule has 0 spiro atoms. The van der Waals surface area contributed by atoms with Gasteiger partial charge in [0.15, 0.2) is 0 Å². The first-order valence-electron chi connectivity index (χ1n) is 4.68. The molecule has 1 fully saturated rings. The molecule has 1 aliphatic heterocycles. The van der Waals surface area contributed by atoms with Crippen molar-refractivity contribution in [1.82, 2.24) is 20.9 Å². The molecule has 0 radical (unpaired) electrons. The molecule has 0 unspecified atom stereocenters. The first-order valence-corrected chi connectivity index (χ1v) is 4.68. The zero-order chi connectivity index (χ0) is 10.4. The highest BCUT2D eigenvalue weighted by Gasteiger charge is 2.15. The Balaban J connectivity index is 2.23. The van der Waals surface area contributed by atoms with E-state index in [1.165, 1.54) is 7.05 Å². The van der Waals surface area contributed by atoms with Crippen LogP contribution in [0.3, 0.4) is 0 Å². The molecule has 1 rings (SSSR count). The molecule has 3 amide bonds. The summed E-state index contributed by atoms with van der Waals surface area (Å²) in [6.45, 7) is 3.15. The summed E-state index contributed by atoms with van der Waals surface area (Å²) in [5.41, 5.74) is 0. The molecule has 0 bridgehead atoms. The maximum Gasteiger partial charge on any atom is 0.314 e. The van der Waals surface area contributed by atoms with E-state index in [9.17, 15) is 9.59 Å². The molecule has 0 aromatic rings. The second kappa shape index (κ2) is 5.43. The molecule has 1 heterocycles. The Labute approximate surface area is 83.0 Å². The lowest BCUT2D eigenvalue weighted by atomic mass is 10.3. The summed E-state index contributed by atoms with van der Waals surface area (Å²) in [4.78, 5) is 24.0. The van der Waals surface area contributed by atoms with E-state index in [-0.39, 0.29) is 18.5 Å². The third-order valence-corrected chi connectivity index (χ3v) is 2.10. The minimum absolute atomic E-state index is 0.0323. The Kier molecular flexibility index (Phi) is 4.18. The lowest BCUT2D eigenvalue weighted by molar-refractivity contribution is -0.130. The topological polar surface area (TPSA) is 73.5 Å². The van der Waals surface area contributed by atoms with Gasteiger partial charge in [-0.1, -0.05) is 0 Å². The maximum atomic E-state index is 11.5. The fraction of sp³-hybridized carbons (Fsp3) is 0.750. The SMILES string of the molecule is CNC(=O)NCC(=O)N1CCNCC1. The van der Waals surface area contributed by atoms with Crippen LogP contribution in [0.5, 0.6) is 0 Å². The van der Waals surface area contributed by atoms with E-state index in [4.69, 9.17) is 0 Å². The van der Waals surface area contributed by atoms with Crippen LogP contribution in [0.1, 0.15) is 0 Å². The Morgan fingerprint density at radius 1 is 1.36 bits per heavy atom. The van der Waals surface area contributed by atoms with Crippen molar-refractivity contribution in [3.8, 4) is 0 Å². The summed E-state index contributed by atoms with van der Waals surface area (Å²) in [6, 6.07) is -0.325. The van der Waals surface area contributed by atoms with E-state index in [1.54, 1.807) is 4.90 Å². The summed E-state index contributed by atoms with van der Waals surface area (Å²) in [7, 11) is 1.52. The minimum atomic E-state index is -0.325. The van der Waals surface area contributed by atoms with Crippen LogP contribution in [0.25, 0.3) is 0 Å². The number of carbonyl (C=O) groups is 2. The third kappa shape index (κ3) is 3.21. The molecule has 3 N–H and O–H groups in total. The normalized spacial score (nSPS) is 16.2. The zero-order valence-corrected chi connectivity index (χ0v) is 8.30. The van der Waals surface area contributed by atoms with Gasteiger partial charge in [-0.25, -0.2) is 4.79 Å². The smallest absolute Gasteiger partial charge is 0.314 e. The molecule has 80 valence electrons. The highest BCUT2D eigenvalue weighted by atomic mass is 16.2. The van der Waals surface area contributed by atoms with E-state index in [2.05, 4.69) is 16.0 Å². The van der Waals surface area contributed by atoms with Crippen LogP contribution in [0.4, 0.5) is 4.79 Å². The van der Waals surface area contributed by atoms with Crippen molar-refractivity contribution in [2.75, 3.05) is 39.8 Å². The Morgan fingerprint density at radius 3 is 2.57 bits per heavy atom. The fourth-order valence-corrected chi connectivity index (χ4v) is 1.27. The van der Waals surface area contributed by atoms with E-state index in [0.29, 0.717) is 13.1 Å². The van der Waals surface area contributed by atoms with Crippen molar-refractivity contribution in [1.29, 1.82) is 0 Å². The van der Waals surface area contributed by atoms with Crippen LogP contribution in [0, 0.1) is 0 Å². The molecule has 0 atom stereocenters. The van der Waals surface area contributed by atoms with Gasteiger partial charge in [0.2, 0.25) is 5.91 Å². The van der Waals surface area contributed by atoms with Gasteiger partial charge in [0.1, 0.15) is 0 Å². The van der Waals surface area contributed by atoms with Crippen LogP contribution in [-0.2, 0) is 4.79 Å². The van der Waals surface area contributed by atoms with Crippen LogP contribution in [0.2, 0.25) is 0 Å². The quantitative estimate of drug-likeness (QED) is 0.500. The number of hydrogen-bond acceptors (Lipinski definition) is 3.